The highest BCUT2D eigenvalue weighted by molar-refractivity contribution is 7.98. The van der Waals surface area contributed by atoms with E-state index in [0.717, 1.165) is 14.8 Å². The maximum Gasteiger partial charge on any atom is 0.264 e. The van der Waals surface area contributed by atoms with Crippen LogP contribution in [0.5, 0.6) is 11.5 Å². The first-order valence-electron chi connectivity index (χ1n) is 11.2. The summed E-state index contributed by atoms with van der Waals surface area (Å²) in [7, 11) is -4.02. The standard InChI is InChI=1S/C28H26N2O4S2/c1-21-12-18-25(19-13-21)36(32,33)30(20-28(31)29-26-10-6-7-11-27(26)35-2)22-14-16-24(17-15-22)34-23-8-4-3-5-9-23/h3-19H,20H2,1-2H3,(H,29,31). The summed E-state index contributed by atoms with van der Waals surface area (Å²) in [4.78, 5) is 14.0. The van der Waals surface area contributed by atoms with Crippen molar-refractivity contribution in [2.24, 2.45) is 0 Å². The Hall–Kier alpha value is -3.75. The van der Waals surface area contributed by atoms with Crippen LogP contribution >= 0.6 is 11.8 Å². The van der Waals surface area contributed by atoms with E-state index in [4.69, 9.17) is 4.74 Å². The zero-order valence-electron chi connectivity index (χ0n) is 19.9. The van der Waals surface area contributed by atoms with Gasteiger partial charge in [0.1, 0.15) is 18.0 Å². The average Bonchev–Trinajstić information content (AvgIpc) is 2.89. The van der Waals surface area contributed by atoms with Gasteiger partial charge in [-0.15, -0.1) is 11.8 Å². The number of anilines is 2. The van der Waals surface area contributed by atoms with Crippen molar-refractivity contribution < 1.29 is 17.9 Å². The summed E-state index contributed by atoms with van der Waals surface area (Å²) in [5.41, 5.74) is 1.92. The molecule has 0 fully saturated rings. The van der Waals surface area contributed by atoms with Crippen LogP contribution in [0.25, 0.3) is 0 Å². The number of sulfonamides is 1. The van der Waals surface area contributed by atoms with Crippen LogP contribution in [0, 0.1) is 6.92 Å². The molecule has 1 amide bonds. The molecule has 184 valence electrons. The van der Waals surface area contributed by atoms with Crippen molar-refractivity contribution in [3.63, 3.8) is 0 Å². The van der Waals surface area contributed by atoms with Gasteiger partial charge in [0, 0.05) is 4.90 Å². The first-order valence-corrected chi connectivity index (χ1v) is 13.9. The van der Waals surface area contributed by atoms with Gasteiger partial charge in [-0.05, 0) is 73.8 Å². The molecule has 8 heteroatoms. The highest BCUT2D eigenvalue weighted by atomic mass is 32.2. The Morgan fingerprint density at radius 2 is 1.44 bits per heavy atom. The number of benzene rings is 4. The quantitative estimate of drug-likeness (QED) is 0.262. The number of hydrogen-bond acceptors (Lipinski definition) is 5. The zero-order chi connectivity index (χ0) is 25.5. The lowest BCUT2D eigenvalue weighted by Crippen LogP contribution is -2.38. The lowest BCUT2D eigenvalue weighted by atomic mass is 10.2. The minimum absolute atomic E-state index is 0.107. The Labute approximate surface area is 216 Å². The highest BCUT2D eigenvalue weighted by Crippen LogP contribution is 2.29. The van der Waals surface area contributed by atoms with Gasteiger partial charge in [0.05, 0.1) is 16.3 Å². The first-order chi connectivity index (χ1) is 17.4. The Bertz CT molecular complexity index is 1420. The Balaban J connectivity index is 1.63. The summed E-state index contributed by atoms with van der Waals surface area (Å²) < 4.78 is 34.2. The van der Waals surface area contributed by atoms with E-state index in [-0.39, 0.29) is 4.90 Å². The number of aryl methyl sites for hydroxylation is 1. The average molecular weight is 519 g/mol. The van der Waals surface area contributed by atoms with Gasteiger partial charge in [-0.3, -0.25) is 9.10 Å². The molecule has 0 spiro atoms. The summed E-state index contributed by atoms with van der Waals surface area (Å²) >= 11 is 1.50. The van der Waals surface area contributed by atoms with Gasteiger partial charge >= 0.3 is 0 Å². The van der Waals surface area contributed by atoms with Gasteiger partial charge in [0.2, 0.25) is 5.91 Å². The SMILES string of the molecule is CSc1ccccc1NC(=O)CN(c1ccc(Oc2ccccc2)cc1)S(=O)(=O)c1ccc(C)cc1. The summed E-state index contributed by atoms with van der Waals surface area (Å²) in [6, 6.07) is 29.9. The second kappa shape index (κ2) is 11.3. The molecule has 0 radical (unpaired) electrons. The molecular formula is C28H26N2O4S2. The lowest BCUT2D eigenvalue weighted by molar-refractivity contribution is -0.114. The molecule has 0 aliphatic carbocycles. The third kappa shape index (κ3) is 6.08. The summed E-state index contributed by atoms with van der Waals surface area (Å²) in [6.45, 7) is 1.49. The van der Waals surface area contributed by atoms with Gasteiger partial charge in [-0.1, -0.05) is 48.0 Å². The minimum Gasteiger partial charge on any atom is -0.457 e. The van der Waals surface area contributed by atoms with Gasteiger partial charge in [0.15, 0.2) is 0 Å². The van der Waals surface area contributed by atoms with Crippen LogP contribution in [-0.4, -0.2) is 27.1 Å². The van der Waals surface area contributed by atoms with E-state index in [1.165, 1.54) is 11.8 Å². The van der Waals surface area contributed by atoms with Crippen LogP contribution in [0.15, 0.2) is 113 Å². The van der Waals surface area contributed by atoms with E-state index in [0.29, 0.717) is 22.9 Å². The normalized spacial score (nSPS) is 11.1. The number of thioether (sulfide) groups is 1. The van der Waals surface area contributed by atoms with Crippen molar-refractivity contribution in [1.29, 1.82) is 0 Å². The number of amides is 1. The fourth-order valence-electron chi connectivity index (χ4n) is 3.53. The van der Waals surface area contributed by atoms with Crippen LogP contribution in [0.2, 0.25) is 0 Å². The molecule has 4 aromatic rings. The third-order valence-electron chi connectivity index (χ3n) is 5.38. The molecular weight excluding hydrogens is 492 g/mol. The molecule has 0 atom stereocenters. The number of nitrogens with one attached hydrogen (secondary N) is 1. The number of para-hydroxylation sites is 2. The second-order valence-corrected chi connectivity index (χ2v) is 10.7. The van der Waals surface area contributed by atoms with E-state index in [9.17, 15) is 13.2 Å². The van der Waals surface area contributed by atoms with Gasteiger partial charge in [0.25, 0.3) is 10.0 Å². The Morgan fingerprint density at radius 3 is 2.11 bits per heavy atom. The van der Waals surface area contributed by atoms with Crippen molar-refractivity contribution in [3.05, 3.63) is 109 Å². The summed E-state index contributed by atoms with van der Waals surface area (Å²) in [5.74, 6) is 0.772. The van der Waals surface area contributed by atoms with Gasteiger partial charge in [-0.2, -0.15) is 0 Å². The molecule has 0 aromatic heterocycles. The first kappa shape index (κ1) is 25.3. The predicted octanol–water partition coefficient (Wildman–Crippen LogP) is 6.34. The summed E-state index contributed by atoms with van der Waals surface area (Å²) in [6.07, 6.45) is 1.91. The molecule has 0 aliphatic rings. The molecule has 0 saturated heterocycles. The largest absolute Gasteiger partial charge is 0.457 e. The predicted molar refractivity (Wildman–Crippen MR) is 146 cm³/mol. The maximum absolute atomic E-state index is 13.6. The van der Waals surface area contributed by atoms with Crippen LogP contribution in [0.3, 0.4) is 0 Å². The van der Waals surface area contributed by atoms with E-state index in [1.54, 1.807) is 54.6 Å². The van der Waals surface area contributed by atoms with Crippen LogP contribution in [0.1, 0.15) is 5.56 Å². The molecule has 0 bridgehead atoms. The number of hydrogen-bond donors (Lipinski definition) is 1. The number of carbonyl (C=O) groups is 1. The van der Waals surface area contributed by atoms with Crippen molar-refractivity contribution in [1.82, 2.24) is 0 Å². The maximum atomic E-state index is 13.6. The van der Waals surface area contributed by atoms with Crippen molar-refractivity contribution in [3.8, 4) is 11.5 Å². The van der Waals surface area contributed by atoms with Crippen LogP contribution < -0.4 is 14.4 Å². The van der Waals surface area contributed by atoms with Crippen molar-refractivity contribution in [2.75, 3.05) is 22.4 Å². The Kier molecular flexibility index (Phi) is 7.97. The minimum atomic E-state index is -4.02. The number of ether oxygens (including phenoxy) is 1. The molecule has 0 aliphatic heterocycles. The van der Waals surface area contributed by atoms with Gasteiger partial charge < -0.3 is 10.1 Å². The fourth-order valence-corrected chi connectivity index (χ4v) is 5.50. The molecule has 36 heavy (non-hydrogen) atoms. The van der Waals surface area contributed by atoms with E-state index in [2.05, 4.69) is 5.32 Å². The molecule has 0 saturated carbocycles. The van der Waals surface area contributed by atoms with E-state index >= 15 is 0 Å². The van der Waals surface area contributed by atoms with Gasteiger partial charge in [-0.25, -0.2) is 8.42 Å². The van der Waals surface area contributed by atoms with Crippen LogP contribution in [-0.2, 0) is 14.8 Å². The number of rotatable bonds is 9. The van der Waals surface area contributed by atoms with E-state index in [1.807, 2.05) is 61.7 Å². The van der Waals surface area contributed by atoms with E-state index < -0.39 is 22.5 Å². The molecule has 4 rings (SSSR count). The number of carbonyl (C=O) groups excluding carboxylic acids is 1. The molecule has 0 unspecified atom stereocenters. The highest BCUT2D eigenvalue weighted by Gasteiger charge is 2.27. The van der Waals surface area contributed by atoms with Crippen molar-refractivity contribution >= 4 is 39.1 Å². The summed E-state index contributed by atoms with van der Waals surface area (Å²) in [5, 5.41) is 2.85. The number of nitrogens with zero attached hydrogens (tertiary/aromatic N) is 1. The third-order valence-corrected chi connectivity index (χ3v) is 7.96. The molecule has 4 aromatic carbocycles. The lowest BCUT2D eigenvalue weighted by Gasteiger charge is -2.24. The monoisotopic (exact) mass is 518 g/mol. The van der Waals surface area contributed by atoms with Crippen molar-refractivity contribution in [2.45, 2.75) is 16.7 Å². The van der Waals surface area contributed by atoms with Crippen LogP contribution in [0.4, 0.5) is 11.4 Å². The Morgan fingerprint density at radius 1 is 0.833 bits per heavy atom. The smallest absolute Gasteiger partial charge is 0.264 e. The molecule has 0 heterocycles. The zero-order valence-corrected chi connectivity index (χ0v) is 21.6. The topological polar surface area (TPSA) is 75.7 Å². The molecule has 1 N–H and O–H groups in total. The second-order valence-electron chi connectivity index (χ2n) is 7.98. The molecule has 6 nitrogen and oxygen atoms in total. The fraction of sp³-hybridized carbons (Fsp3) is 0.107.